The number of nitrogens with one attached hydrogen (secondary N) is 1. The SMILES string of the molecule is O=C(c1cc(F)cc(F)c1)C(C(=O)c1cncc(OCc2ccccc2)c1)c1nc2ccccc2[nH]1. The molecule has 1 N–H and O–H groups in total. The number of Topliss-reactive ketones (excluding diaryl/α,β-unsaturated/α-hetero) is 2. The Morgan fingerprint density at radius 3 is 2.28 bits per heavy atom. The van der Waals surface area contributed by atoms with Crippen LogP contribution in [0.5, 0.6) is 5.75 Å². The molecule has 178 valence electrons. The predicted molar refractivity (Wildman–Crippen MR) is 129 cm³/mol. The zero-order valence-electron chi connectivity index (χ0n) is 18.8. The second kappa shape index (κ2) is 9.87. The van der Waals surface area contributed by atoms with Gasteiger partial charge in [-0.3, -0.25) is 14.6 Å². The van der Waals surface area contributed by atoms with Crippen molar-refractivity contribution in [1.29, 1.82) is 0 Å². The molecule has 0 aliphatic rings. The van der Waals surface area contributed by atoms with E-state index in [0.717, 1.165) is 17.7 Å². The van der Waals surface area contributed by atoms with Crippen molar-refractivity contribution in [1.82, 2.24) is 15.0 Å². The van der Waals surface area contributed by atoms with E-state index in [9.17, 15) is 18.4 Å². The first kappa shape index (κ1) is 23.0. The van der Waals surface area contributed by atoms with E-state index in [1.54, 1.807) is 24.3 Å². The highest BCUT2D eigenvalue weighted by Gasteiger charge is 2.34. The molecule has 36 heavy (non-hydrogen) atoms. The fraction of sp³-hybridized carbons (Fsp3) is 0.0714. The van der Waals surface area contributed by atoms with Gasteiger partial charge in [0, 0.05) is 23.4 Å². The summed E-state index contributed by atoms with van der Waals surface area (Å²) in [6, 6.07) is 20.4. The molecule has 0 spiro atoms. The highest BCUT2D eigenvalue weighted by Crippen LogP contribution is 2.27. The number of fused-ring (bicyclic) bond motifs is 1. The van der Waals surface area contributed by atoms with Crippen molar-refractivity contribution >= 4 is 22.6 Å². The first-order valence-corrected chi connectivity index (χ1v) is 11.1. The zero-order chi connectivity index (χ0) is 25.1. The third-order valence-electron chi connectivity index (χ3n) is 5.60. The van der Waals surface area contributed by atoms with Gasteiger partial charge in [-0.1, -0.05) is 42.5 Å². The number of carbonyl (C=O) groups excluding carboxylic acids is 2. The summed E-state index contributed by atoms with van der Waals surface area (Å²) in [7, 11) is 0. The molecule has 0 amide bonds. The molecular formula is C28H19F2N3O3. The fourth-order valence-electron chi connectivity index (χ4n) is 3.88. The number of hydrogen-bond acceptors (Lipinski definition) is 5. The van der Waals surface area contributed by atoms with Crippen LogP contribution in [0.4, 0.5) is 8.78 Å². The van der Waals surface area contributed by atoms with Crippen molar-refractivity contribution in [3.8, 4) is 5.75 Å². The summed E-state index contributed by atoms with van der Waals surface area (Å²) in [6.07, 6.45) is 2.77. The van der Waals surface area contributed by atoms with Gasteiger partial charge in [0.25, 0.3) is 0 Å². The van der Waals surface area contributed by atoms with Gasteiger partial charge in [0.15, 0.2) is 11.6 Å². The molecule has 5 rings (SSSR count). The van der Waals surface area contributed by atoms with Crippen LogP contribution in [0.1, 0.15) is 38.0 Å². The Hall–Kier alpha value is -4.72. The van der Waals surface area contributed by atoms with Crippen LogP contribution in [-0.2, 0) is 6.61 Å². The lowest BCUT2D eigenvalue weighted by Crippen LogP contribution is -2.24. The third kappa shape index (κ3) is 4.88. The zero-order valence-corrected chi connectivity index (χ0v) is 18.8. The average Bonchev–Trinajstić information content (AvgIpc) is 3.31. The van der Waals surface area contributed by atoms with Gasteiger partial charge in [0.2, 0.25) is 0 Å². The molecule has 3 aromatic carbocycles. The van der Waals surface area contributed by atoms with Crippen molar-refractivity contribution in [3.05, 3.63) is 125 Å². The third-order valence-corrected chi connectivity index (χ3v) is 5.60. The number of aromatic nitrogens is 3. The van der Waals surface area contributed by atoms with Gasteiger partial charge in [-0.05, 0) is 35.9 Å². The first-order valence-electron chi connectivity index (χ1n) is 11.1. The number of carbonyl (C=O) groups is 2. The van der Waals surface area contributed by atoms with E-state index in [-0.39, 0.29) is 23.6 Å². The Labute approximate surface area is 204 Å². The van der Waals surface area contributed by atoms with Crippen LogP contribution in [0, 0.1) is 11.6 Å². The number of imidazole rings is 1. The number of rotatable bonds is 8. The summed E-state index contributed by atoms with van der Waals surface area (Å²) in [4.78, 5) is 38.6. The molecule has 5 aromatic rings. The number of aromatic amines is 1. The summed E-state index contributed by atoms with van der Waals surface area (Å²) in [6.45, 7) is 0.259. The molecule has 0 aliphatic carbocycles. The van der Waals surface area contributed by atoms with Crippen LogP contribution >= 0.6 is 0 Å². The quantitative estimate of drug-likeness (QED) is 0.227. The molecule has 1 unspecified atom stereocenters. The van der Waals surface area contributed by atoms with Gasteiger partial charge in [-0.25, -0.2) is 13.8 Å². The topological polar surface area (TPSA) is 84.9 Å². The lowest BCUT2D eigenvalue weighted by molar-refractivity contribution is 0.0855. The number of ether oxygens (including phenoxy) is 1. The van der Waals surface area contributed by atoms with E-state index in [1.165, 1.54) is 18.5 Å². The summed E-state index contributed by atoms with van der Waals surface area (Å²) in [5.74, 6) is -4.37. The number of para-hydroxylation sites is 2. The van der Waals surface area contributed by atoms with Crippen LogP contribution in [0.2, 0.25) is 0 Å². The second-order valence-corrected chi connectivity index (χ2v) is 8.14. The summed E-state index contributed by atoms with van der Waals surface area (Å²) in [5, 5.41) is 0. The van der Waals surface area contributed by atoms with E-state index in [1.807, 2.05) is 30.3 Å². The van der Waals surface area contributed by atoms with Crippen LogP contribution in [0.3, 0.4) is 0 Å². The van der Waals surface area contributed by atoms with Gasteiger partial charge in [-0.2, -0.15) is 0 Å². The number of H-pyrrole nitrogens is 1. The van der Waals surface area contributed by atoms with E-state index in [2.05, 4.69) is 15.0 Å². The van der Waals surface area contributed by atoms with Gasteiger partial charge >= 0.3 is 0 Å². The first-order chi connectivity index (χ1) is 17.5. The Kier molecular flexibility index (Phi) is 6.32. The minimum absolute atomic E-state index is 0.0616. The lowest BCUT2D eigenvalue weighted by atomic mass is 9.89. The maximum Gasteiger partial charge on any atom is 0.183 e. The molecular weight excluding hydrogens is 464 g/mol. The Balaban J connectivity index is 1.51. The molecule has 0 saturated carbocycles. The predicted octanol–water partition coefficient (Wildman–Crippen LogP) is 5.66. The van der Waals surface area contributed by atoms with Gasteiger partial charge < -0.3 is 9.72 Å². The largest absolute Gasteiger partial charge is 0.487 e. The monoisotopic (exact) mass is 483 g/mol. The lowest BCUT2D eigenvalue weighted by Gasteiger charge is -2.14. The van der Waals surface area contributed by atoms with Crippen molar-refractivity contribution in [2.45, 2.75) is 12.5 Å². The minimum Gasteiger partial charge on any atom is -0.487 e. The van der Waals surface area contributed by atoms with E-state index in [4.69, 9.17) is 4.74 Å². The Bertz CT molecular complexity index is 1510. The summed E-state index contributed by atoms with van der Waals surface area (Å²) < 4.78 is 33.6. The number of pyridine rings is 1. The van der Waals surface area contributed by atoms with E-state index in [0.29, 0.717) is 22.8 Å². The normalized spacial score (nSPS) is 11.8. The second-order valence-electron chi connectivity index (χ2n) is 8.14. The molecule has 0 bridgehead atoms. The molecule has 6 nitrogen and oxygen atoms in total. The highest BCUT2D eigenvalue weighted by atomic mass is 19.1. The molecule has 0 radical (unpaired) electrons. The molecule has 2 heterocycles. The fourth-order valence-corrected chi connectivity index (χ4v) is 3.88. The number of nitrogens with zero attached hydrogens (tertiary/aromatic N) is 2. The van der Waals surface area contributed by atoms with Crippen molar-refractivity contribution in [2.75, 3.05) is 0 Å². The van der Waals surface area contributed by atoms with Crippen LogP contribution < -0.4 is 4.74 Å². The summed E-state index contributed by atoms with van der Waals surface area (Å²) >= 11 is 0. The smallest absolute Gasteiger partial charge is 0.183 e. The molecule has 0 saturated heterocycles. The Morgan fingerprint density at radius 1 is 0.833 bits per heavy atom. The van der Waals surface area contributed by atoms with Crippen molar-refractivity contribution in [2.24, 2.45) is 0 Å². The molecule has 0 fully saturated rings. The van der Waals surface area contributed by atoms with Crippen LogP contribution in [0.25, 0.3) is 11.0 Å². The van der Waals surface area contributed by atoms with E-state index < -0.39 is 29.1 Å². The number of ketones is 2. The molecule has 2 aromatic heterocycles. The van der Waals surface area contributed by atoms with Gasteiger partial charge in [-0.15, -0.1) is 0 Å². The maximum atomic E-state index is 13.9. The van der Waals surface area contributed by atoms with Gasteiger partial charge in [0.05, 0.1) is 17.2 Å². The minimum atomic E-state index is -1.48. The van der Waals surface area contributed by atoms with Crippen LogP contribution in [-0.4, -0.2) is 26.5 Å². The van der Waals surface area contributed by atoms with E-state index >= 15 is 0 Å². The van der Waals surface area contributed by atoms with Crippen molar-refractivity contribution < 1.29 is 23.1 Å². The molecule has 1 atom stereocenters. The standard InChI is InChI=1S/C28H19F2N3O3/c29-20-10-18(11-21(30)13-20)26(34)25(28-32-23-8-4-5-9-24(23)33-28)27(35)19-12-22(15-31-14-19)36-16-17-6-2-1-3-7-17/h1-15,25H,16H2,(H,32,33). The van der Waals surface area contributed by atoms with Crippen LogP contribution in [0.15, 0.2) is 91.3 Å². The number of benzene rings is 3. The molecule has 0 aliphatic heterocycles. The number of hydrogen-bond donors (Lipinski definition) is 1. The molecule has 8 heteroatoms. The van der Waals surface area contributed by atoms with Gasteiger partial charge in [0.1, 0.15) is 35.7 Å². The highest BCUT2D eigenvalue weighted by molar-refractivity contribution is 6.19. The average molecular weight is 483 g/mol. The number of halogens is 2. The Morgan fingerprint density at radius 2 is 1.53 bits per heavy atom. The summed E-state index contributed by atoms with van der Waals surface area (Å²) in [5.41, 5.74) is 1.90. The maximum absolute atomic E-state index is 13.9. The van der Waals surface area contributed by atoms with Crippen molar-refractivity contribution in [3.63, 3.8) is 0 Å².